The van der Waals surface area contributed by atoms with Gasteiger partial charge in [-0.1, -0.05) is 11.6 Å². The van der Waals surface area contributed by atoms with Crippen molar-refractivity contribution in [3.63, 3.8) is 0 Å². The van der Waals surface area contributed by atoms with E-state index in [-0.39, 0.29) is 0 Å². The van der Waals surface area contributed by atoms with E-state index >= 15 is 0 Å². The molecule has 0 aliphatic carbocycles. The molecular formula is C14H12ClNO4S. The summed E-state index contributed by atoms with van der Waals surface area (Å²) in [7, 11) is 0. The van der Waals surface area contributed by atoms with Crippen molar-refractivity contribution in [1.29, 1.82) is 0 Å². The first-order valence-electron chi connectivity index (χ1n) is 6.02. The summed E-state index contributed by atoms with van der Waals surface area (Å²) in [5.41, 5.74) is -1.31. The minimum Gasteiger partial charge on any atom is -0.503 e. The third-order valence-corrected chi connectivity index (χ3v) is 3.97. The standard InChI is InChI=1S/C14H12ClNO4S/c15-9-1-3-10(4-2-9)21-6-5-16-7-11(14(19)20)13(18)12(17)8-16/h1-4,7-8,17H,5-6H2,(H,19,20). The molecule has 1 heterocycles. The van der Waals surface area contributed by atoms with Gasteiger partial charge in [0.2, 0.25) is 5.43 Å². The number of thioether (sulfide) groups is 1. The number of halogens is 1. The van der Waals surface area contributed by atoms with Crippen LogP contribution in [0, 0.1) is 0 Å². The third-order valence-electron chi connectivity index (χ3n) is 2.72. The average molecular weight is 326 g/mol. The summed E-state index contributed by atoms with van der Waals surface area (Å²) < 4.78 is 1.49. The second-order valence-corrected chi connectivity index (χ2v) is 5.84. The maximum absolute atomic E-state index is 11.4. The summed E-state index contributed by atoms with van der Waals surface area (Å²) in [6.07, 6.45) is 2.46. The molecule has 0 aliphatic rings. The van der Waals surface area contributed by atoms with Crippen molar-refractivity contribution >= 4 is 29.3 Å². The van der Waals surface area contributed by atoms with Crippen LogP contribution in [0.15, 0.2) is 46.3 Å². The molecule has 5 nitrogen and oxygen atoms in total. The van der Waals surface area contributed by atoms with E-state index in [1.807, 2.05) is 12.1 Å². The Hall–Kier alpha value is -1.92. The van der Waals surface area contributed by atoms with Crippen LogP contribution in [0.5, 0.6) is 5.75 Å². The zero-order valence-corrected chi connectivity index (χ0v) is 12.4. The number of aryl methyl sites for hydroxylation is 1. The molecule has 0 spiro atoms. The van der Waals surface area contributed by atoms with Gasteiger partial charge in [0.15, 0.2) is 5.75 Å². The van der Waals surface area contributed by atoms with Crippen molar-refractivity contribution in [3.05, 3.63) is 57.5 Å². The van der Waals surface area contributed by atoms with Crippen molar-refractivity contribution in [3.8, 4) is 5.75 Å². The average Bonchev–Trinajstić information content (AvgIpc) is 2.44. The predicted molar refractivity (Wildman–Crippen MR) is 81.5 cm³/mol. The van der Waals surface area contributed by atoms with Crippen molar-refractivity contribution < 1.29 is 15.0 Å². The largest absolute Gasteiger partial charge is 0.503 e. The van der Waals surface area contributed by atoms with E-state index in [2.05, 4.69) is 0 Å². The highest BCUT2D eigenvalue weighted by molar-refractivity contribution is 7.99. The van der Waals surface area contributed by atoms with Gasteiger partial charge < -0.3 is 14.8 Å². The zero-order valence-electron chi connectivity index (χ0n) is 10.8. The minimum absolute atomic E-state index is 0.438. The van der Waals surface area contributed by atoms with Crippen LogP contribution >= 0.6 is 23.4 Å². The highest BCUT2D eigenvalue weighted by atomic mass is 35.5. The van der Waals surface area contributed by atoms with Crippen LogP contribution in [-0.2, 0) is 6.54 Å². The lowest BCUT2D eigenvalue weighted by atomic mass is 10.2. The number of aromatic nitrogens is 1. The molecular weight excluding hydrogens is 314 g/mol. The first kappa shape index (κ1) is 15.5. The fraction of sp³-hybridized carbons (Fsp3) is 0.143. The smallest absolute Gasteiger partial charge is 0.341 e. The molecule has 2 N–H and O–H groups in total. The predicted octanol–water partition coefficient (Wildman–Crippen LogP) is 2.70. The second kappa shape index (κ2) is 6.69. The summed E-state index contributed by atoms with van der Waals surface area (Å²) >= 11 is 7.36. The molecule has 0 radical (unpaired) electrons. The molecule has 0 fully saturated rings. The fourth-order valence-corrected chi connectivity index (χ4v) is 2.69. The SMILES string of the molecule is O=C(O)c1cn(CCSc2ccc(Cl)cc2)cc(O)c1=O. The Kier molecular flexibility index (Phi) is 4.93. The van der Waals surface area contributed by atoms with Gasteiger partial charge in [0.05, 0.1) is 0 Å². The second-order valence-electron chi connectivity index (χ2n) is 4.23. The fourth-order valence-electron chi connectivity index (χ4n) is 1.70. The number of pyridine rings is 1. The summed E-state index contributed by atoms with van der Waals surface area (Å²) in [5.74, 6) is -1.26. The Morgan fingerprint density at radius 1 is 1.24 bits per heavy atom. The number of carbonyl (C=O) groups is 1. The molecule has 0 aliphatic heterocycles. The number of carboxylic acids is 1. The van der Waals surface area contributed by atoms with Gasteiger partial charge in [0.25, 0.3) is 0 Å². The van der Waals surface area contributed by atoms with E-state index in [0.717, 1.165) is 4.90 Å². The van der Waals surface area contributed by atoms with Crippen LogP contribution in [0.2, 0.25) is 5.02 Å². The molecule has 2 rings (SSSR count). The Morgan fingerprint density at radius 2 is 1.90 bits per heavy atom. The Balaban J connectivity index is 2.05. The van der Waals surface area contributed by atoms with Crippen LogP contribution in [0.3, 0.4) is 0 Å². The first-order valence-corrected chi connectivity index (χ1v) is 7.38. The van der Waals surface area contributed by atoms with Crippen LogP contribution in [0.1, 0.15) is 10.4 Å². The topological polar surface area (TPSA) is 79.5 Å². The lowest BCUT2D eigenvalue weighted by Gasteiger charge is -2.08. The molecule has 110 valence electrons. The van der Waals surface area contributed by atoms with Gasteiger partial charge in [-0.3, -0.25) is 4.79 Å². The summed E-state index contributed by atoms with van der Waals surface area (Å²) in [6, 6.07) is 7.35. The van der Waals surface area contributed by atoms with Gasteiger partial charge in [-0.15, -0.1) is 11.8 Å². The van der Waals surface area contributed by atoms with E-state index in [9.17, 15) is 14.7 Å². The van der Waals surface area contributed by atoms with Gasteiger partial charge in [0.1, 0.15) is 5.56 Å². The van der Waals surface area contributed by atoms with Gasteiger partial charge in [-0.25, -0.2) is 4.79 Å². The molecule has 1 aromatic heterocycles. The molecule has 0 saturated carbocycles. The zero-order chi connectivity index (χ0) is 15.4. The highest BCUT2D eigenvalue weighted by Crippen LogP contribution is 2.20. The number of rotatable bonds is 5. The van der Waals surface area contributed by atoms with Crippen LogP contribution < -0.4 is 5.43 Å². The van der Waals surface area contributed by atoms with Gasteiger partial charge >= 0.3 is 5.97 Å². The number of aromatic hydroxyl groups is 1. The van der Waals surface area contributed by atoms with E-state index in [4.69, 9.17) is 16.7 Å². The van der Waals surface area contributed by atoms with Crippen molar-refractivity contribution in [2.24, 2.45) is 0 Å². The van der Waals surface area contributed by atoms with E-state index < -0.39 is 22.7 Å². The summed E-state index contributed by atoms with van der Waals surface area (Å²) in [5, 5.41) is 19.0. The molecule has 0 saturated heterocycles. The summed E-state index contributed by atoms with van der Waals surface area (Å²) in [6.45, 7) is 0.460. The monoisotopic (exact) mass is 325 g/mol. The highest BCUT2D eigenvalue weighted by Gasteiger charge is 2.12. The Labute approximate surface area is 129 Å². The van der Waals surface area contributed by atoms with E-state index in [1.165, 1.54) is 17.0 Å². The van der Waals surface area contributed by atoms with Crippen molar-refractivity contribution in [2.75, 3.05) is 5.75 Å². The lowest BCUT2D eigenvalue weighted by Crippen LogP contribution is -2.17. The lowest BCUT2D eigenvalue weighted by molar-refractivity contribution is 0.0694. The molecule has 0 atom stereocenters. The molecule has 7 heteroatoms. The maximum atomic E-state index is 11.4. The number of nitrogens with zero attached hydrogens (tertiary/aromatic N) is 1. The molecule has 2 aromatic rings. The van der Waals surface area contributed by atoms with Crippen molar-refractivity contribution in [1.82, 2.24) is 4.57 Å². The maximum Gasteiger partial charge on any atom is 0.341 e. The van der Waals surface area contributed by atoms with Crippen LogP contribution in [0.25, 0.3) is 0 Å². The minimum atomic E-state index is -1.35. The number of aromatic carboxylic acids is 1. The van der Waals surface area contributed by atoms with Crippen LogP contribution in [-0.4, -0.2) is 26.5 Å². The van der Waals surface area contributed by atoms with E-state index in [1.54, 1.807) is 23.9 Å². The molecule has 0 unspecified atom stereocenters. The van der Waals surface area contributed by atoms with Gasteiger partial charge in [-0.05, 0) is 24.3 Å². The Bertz CT molecular complexity index is 712. The molecule has 0 amide bonds. The summed E-state index contributed by atoms with van der Waals surface area (Å²) in [4.78, 5) is 23.4. The quantitative estimate of drug-likeness (QED) is 0.826. The number of hydrogen-bond donors (Lipinski definition) is 2. The third kappa shape index (κ3) is 4.03. The van der Waals surface area contributed by atoms with Crippen molar-refractivity contribution in [2.45, 2.75) is 11.4 Å². The number of benzene rings is 1. The van der Waals surface area contributed by atoms with Gasteiger partial charge in [0, 0.05) is 34.6 Å². The molecule has 1 aromatic carbocycles. The number of carboxylic acid groups (broad SMARTS) is 1. The van der Waals surface area contributed by atoms with Gasteiger partial charge in [-0.2, -0.15) is 0 Å². The van der Waals surface area contributed by atoms with E-state index in [0.29, 0.717) is 17.3 Å². The molecule has 0 bridgehead atoms. The Morgan fingerprint density at radius 3 is 2.52 bits per heavy atom. The number of hydrogen-bond acceptors (Lipinski definition) is 4. The normalized spacial score (nSPS) is 10.5. The first-order chi connectivity index (χ1) is 9.97. The molecule has 21 heavy (non-hydrogen) atoms. The van der Waals surface area contributed by atoms with Crippen LogP contribution in [0.4, 0.5) is 0 Å².